The number of halogens is 1. The summed E-state index contributed by atoms with van der Waals surface area (Å²) in [7, 11) is 0. The summed E-state index contributed by atoms with van der Waals surface area (Å²) in [5.74, 6) is 0.489. The molecule has 1 heterocycles. The molecule has 0 bridgehead atoms. The highest BCUT2D eigenvalue weighted by atomic mass is 19.1. The predicted octanol–water partition coefficient (Wildman–Crippen LogP) is 4.10. The molecule has 0 aliphatic heterocycles. The molecular weight excluding hydrogens is 231 g/mol. The third kappa shape index (κ3) is 3.65. The molecule has 0 atom stereocenters. The molecule has 0 spiro atoms. The largest absolute Gasteiger partial charge is 0.342 e. The van der Waals surface area contributed by atoms with Crippen molar-refractivity contribution >= 4 is 0 Å². The van der Waals surface area contributed by atoms with Crippen LogP contribution in [0.25, 0.3) is 11.4 Å². The van der Waals surface area contributed by atoms with Gasteiger partial charge in [0.1, 0.15) is 5.82 Å². The first-order valence-corrected chi connectivity index (χ1v) is 6.22. The van der Waals surface area contributed by atoms with Gasteiger partial charge in [0.25, 0.3) is 0 Å². The van der Waals surface area contributed by atoms with E-state index in [0.29, 0.717) is 11.5 Å². The van der Waals surface area contributed by atoms with E-state index in [2.05, 4.69) is 28.5 Å². The van der Waals surface area contributed by atoms with Gasteiger partial charge < -0.3 is 4.52 Å². The Labute approximate surface area is 107 Å². The molecule has 4 heteroatoms. The monoisotopic (exact) mass is 250 g/mol. The van der Waals surface area contributed by atoms with Gasteiger partial charge in [-0.25, -0.2) is 4.39 Å². The summed E-state index contributed by atoms with van der Waals surface area (Å²) in [6.07, 6.45) is 2.06. The zero-order chi connectivity index (χ0) is 13.5. The Bertz CT molecular complexity index is 467. The third-order valence-corrected chi connectivity index (χ3v) is 2.28. The summed E-state index contributed by atoms with van der Waals surface area (Å²) >= 11 is 0. The van der Waals surface area contributed by atoms with Crippen LogP contribution in [0.4, 0.5) is 4.39 Å². The van der Waals surface area contributed by atoms with Gasteiger partial charge in [-0.1, -0.05) is 38.9 Å². The van der Waals surface area contributed by atoms with Gasteiger partial charge in [0, 0.05) is 0 Å². The smallest absolute Gasteiger partial charge is 0.214 e. The number of aromatic nitrogens is 2. The molecular formula is C14H19FN2O. The summed E-state index contributed by atoms with van der Waals surface area (Å²) in [5.41, 5.74) is 1.36. The fraction of sp³-hybridized carbons (Fsp3) is 0.429. The van der Waals surface area contributed by atoms with E-state index >= 15 is 0 Å². The van der Waals surface area contributed by atoms with Gasteiger partial charge in [-0.05, 0) is 30.0 Å². The van der Waals surface area contributed by atoms with Crippen molar-refractivity contribution < 1.29 is 8.91 Å². The van der Waals surface area contributed by atoms with Crippen molar-refractivity contribution in [1.29, 1.82) is 0 Å². The maximum absolute atomic E-state index is 13.7. The lowest BCUT2D eigenvalue weighted by Gasteiger charge is -2.06. The SMILES string of the molecule is CC.CC(C)Cc1ccc(-c2ncon2)c(F)c1. The zero-order valence-electron chi connectivity index (χ0n) is 11.3. The number of nitrogens with zero attached hydrogens (tertiary/aromatic N) is 2. The summed E-state index contributed by atoms with van der Waals surface area (Å²) in [6, 6.07) is 5.12. The lowest BCUT2D eigenvalue weighted by molar-refractivity contribution is 0.418. The topological polar surface area (TPSA) is 38.9 Å². The Balaban J connectivity index is 0.000000771. The number of hydrogen-bond donors (Lipinski definition) is 0. The molecule has 0 radical (unpaired) electrons. The highest BCUT2D eigenvalue weighted by Crippen LogP contribution is 2.21. The first-order chi connectivity index (χ1) is 8.66. The molecule has 0 amide bonds. The van der Waals surface area contributed by atoms with E-state index in [1.54, 1.807) is 6.07 Å². The predicted molar refractivity (Wildman–Crippen MR) is 69.6 cm³/mol. The minimum atomic E-state index is -0.306. The fourth-order valence-corrected chi connectivity index (χ4v) is 1.63. The Morgan fingerprint density at radius 3 is 2.50 bits per heavy atom. The van der Waals surface area contributed by atoms with E-state index in [9.17, 15) is 4.39 Å². The molecule has 1 aromatic heterocycles. The standard InChI is InChI=1S/C12H13FN2O.C2H6/c1-8(2)5-9-3-4-10(11(13)6-9)12-14-7-16-15-12;1-2/h3-4,6-8H,5H2,1-2H3;1-2H3. The van der Waals surface area contributed by atoms with E-state index in [0.717, 1.165) is 12.0 Å². The molecule has 0 N–H and O–H groups in total. The van der Waals surface area contributed by atoms with Crippen LogP contribution in [0.2, 0.25) is 0 Å². The minimum absolute atomic E-state index is 0.286. The fourth-order valence-electron chi connectivity index (χ4n) is 1.63. The summed E-state index contributed by atoms with van der Waals surface area (Å²) in [6.45, 7) is 8.20. The van der Waals surface area contributed by atoms with E-state index < -0.39 is 0 Å². The maximum Gasteiger partial charge on any atom is 0.214 e. The van der Waals surface area contributed by atoms with Crippen molar-refractivity contribution in [2.45, 2.75) is 34.1 Å². The highest BCUT2D eigenvalue weighted by Gasteiger charge is 2.10. The molecule has 2 rings (SSSR count). The van der Waals surface area contributed by atoms with Crippen molar-refractivity contribution in [2.24, 2.45) is 5.92 Å². The highest BCUT2D eigenvalue weighted by molar-refractivity contribution is 5.55. The molecule has 98 valence electrons. The molecule has 2 aromatic rings. The average Bonchev–Trinajstić information content (AvgIpc) is 2.84. The van der Waals surface area contributed by atoms with Gasteiger partial charge in [-0.2, -0.15) is 4.98 Å². The summed E-state index contributed by atoms with van der Waals surface area (Å²) < 4.78 is 18.3. The Morgan fingerprint density at radius 2 is 2.00 bits per heavy atom. The Morgan fingerprint density at radius 1 is 1.28 bits per heavy atom. The Hall–Kier alpha value is -1.71. The van der Waals surface area contributed by atoms with E-state index in [4.69, 9.17) is 0 Å². The van der Waals surface area contributed by atoms with Crippen molar-refractivity contribution in [1.82, 2.24) is 10.1 Å². The second kappa shape index (κ2) is 6.89. The van der Waals surface area contributed by atoms with Crippen molar-refractivity contribution in [3.05, 3.63) is 36.0 Å². The van der Waals surface area contributed by atoms with Crippen molar-refractivity contribution in [2.75, 3.05) is 0 Å². The number of hydrogen-bond acceptors (Lipinski definition) is 3. The lowest BCUT2D eigenvalue weighted by Crippen LogP contribution is -1.96. The Kier molecular flexibility index (Phi) is 5.49. The molecule has 18 heavy (non-hydrogen) atoms. The van der Waals surface area contributed by atoms with Crippen LogP contribution < -0.4 is 0 Å². The van der Waals surface area contributed by atoms with Crippen LogP contribution in [0.15, 0.2) is 29.1 Å². The molecule has 0 fully saturated rings. The average molecular weight is 250 g/mol. The molecule has 3 nitrogen and oxygen atoms in total. The van der Waals surface area contributed by atoms with Gasteiger partial charge in [-0.15, -0.1) is 0 Å². The van der Waals surface area contributed by atoms with Crippen molar-refractivity contribution in [3.8, 4) is 11.4 Å². The lowest BCUT2D eigenvalue weighted by atomic mass is 10.0. The zero-order valence-corrected chi connectivity index (χ0v) is 11.3. The second-order valence-corrected chi connectivity index (χ2v) is 4.17. The second-order valence-electron chi connectivity index (χ2n) is 4.17. The molecule has 0 unspecified atom stereocenters. The number of rotatable bonds is 3. The quantitative estimate of drug-likeness (QED) is 0.823. The third-order valence-electron chi connectivity index (χ3n) is 2.28. The van der Waals surface area contributed by atoms with Gasteiger partial charge in [0.05, 0.1) is 5.56 Å². The number of benzene rings is 1. The van der Waals surface area contributed by atoms with Gasteiger partial charge >= 0.3 is 0 Å². The maximum atomic E-state index is 13.7. The minimum Gasteiger partial charge on any atom is -0.342 e. The molecule has 0 aliphatic carbocycles. The van der Waals surface area contributed by atoms with Gasteiger partial charge in [-0.3, -0.25) is 0 Å². The summed E-state index contributed by atoms with van der Waals surface area (Å²) in [5, 5.41) is 3.61. The van der Waals surface area contributed by atoms with Crippen LogP contribution in [0.3, 0.4) is 0 Å². The van der Waals surface area contributed by atoms with Gasteiger partial charge in [0.2, 0.25) is 12.2 Å². The van der Waals surface area contributed by atoms with E-state index in [1.165, 1.54) is 12.5 Å². The molecule has 0 saturated heterocycles. The van der Waals surface area contributed by atoms with Crippen LogP contribution in [0, 0.1) is 11.7 Å². The first-order valence-electron chi connectivity index (χ1n) is 6.22. The van der Waals surface area contributed by atoms with Crippen LogP contribution in [-0.4, -0.2) is 10.1 Å². The molecule has 1 aromatic carbocycles. The van der Waals surface area contributed by atoms with Crippen LogP contribution in [-0.2, 0) is 6.42 Å². The first kappa shape index (κ1) is 14.4. The molecule has 0 aliphatic rings. The van der Waals surface area contributed by atoms with Crippen LogP contribution >= 0.6 is 0 Å². The normalized spacial score (nSPS) is 10.1. The van der Waals surface area contributed by atoms with Crippen LogP contribution in [0.1, 0.15) is 33.3 Å². The van der Waals surface area contributed by atoms with Crippen molar-refractivity contribution in [3.63, 3.8) is 0 Å². The van der Waals surface area contributed by atoms with E-state index in [1.807, 2.05) is 19.9 Å². The molecule has 0 saturated carbocycles. The van der Waals surface area contributed by atoms with Gasteiger partial charge in [0.15, 0.2) is 0 Å². The van der Waals surface area contributed by atoms with E-state index in [-0.39, 0.29) is 11.6 Å². The van der Waals surface area contributed by atoms with Crippen LogP contribution in [0.5, 0.6) is 0 Å². The summed E-state index contributed by atoms with van der Waals surface area (Å²) in [4.78, 5) is 3.82.